The maximum atomic E-state index is 5.36. The topological polar surface area (TPSA) is 55.2 Å². The molecule has 0 spiro atoms. The van der Waals surface area contributed by atoms with E-state index in [1.165, 1.54) is 16.7 Å². The van der Waals surface area contributed by atoms with Crippen molar-refractivity contribution in [3.05, 3.63) is 102 Å². The smallest absolute Gasteiger partial charge is 0.119 e. The highest BCUT2D eigenvalue weighted by Crippen LogP contribution is 2.25. The molecule has 0 atom stereocenters. The first-order valence-electron chi connectivity index (χ1n) is 10.7. The lowest BCUT2D eigenvalue weighted by Gasteiger charge is -2.18. The average molecular weight is 428 g/mol. The summed E-state index contributed by atoms with van der Waals surface area (Å²) < 4.78 is 7.39. The van der Waals surface area contributed by atoms with Gasteiger partial charge in [-0.2, -0.15) is 0 Å². The molecule has 0 saturated carbocycles. The minimum atomic E-state index is 0.713. The molecule has 2 heterocycles. The number of aromatic nitrogens is 3. The summed E-state index contributed by atoms with van der Waals surface area (Å²) in [5.41, 5.74) is 6.90. The standard InChI is InChI=1S/C26H29N5O/c1-30(2)18-26-24(16-20-6-4-8-22(14-20)31-13-12-27-19-31)25(10-11-28-26)29-17-21-7-5-9-23(15-21)32-3/h4-15,19H,16-18H2,1-3H3,(H,28,29). The van der Waals surface area contributed by atoms with Crippen LogP contribution in [0.4, 0.5) is 5.69 Å². The summed E-state index contributed by atoms with van der Waals surface area (Å²) >= 11 is 0. The van der Waals surface area contributed by atoms with Gasteiger partial charge in [0.15, 0.2) is 0 Å². The molecule has 0 bridgehead atoms. The molecule has 6 heteroatoms. The predicted molar refractivity (Wildman–Crippen MR) is 128 cm³/mol. The molecule has 0 saturated heterocycles. The summed E-state index contributed by atoms with van der Waals surface area (Å²) in [5, 5.41) is 3.63. The van der Waals surface area contributed by atoms with Crippen LogP contribution in [-0.4, -0.2) is 40.6 Å². The molecule has 0 radical (unpaired) electrons. The lowest BCUT2D eigenvalue weighted by Crippen LogP contribution is -2.15. The van der Waals surface area contributed by atoms with Gasteiger partial charge in [-0.3, -0.25) is 4.98 Å². The van der Waals surface area contributed by atoms with Crippen LogP contribution in [0.15, 0.2) is 79.5 Å². The van der Waals surface area contributed by atoms with Gasteiger partial charge in [-0.25, -0.2) is 4.98 Å². The zero-order valence-corrected chi connectivity index (χ0v) is 18.8. The number of benzene rings is 2. The molecule has 0 amide bonds. The lowest BCUT2D eigenvalue weighted by molar-refractivity contribution is 0.395. The van der Waals surface area contributed by atoms with Crippen LogP contribution in [0.5, 0.6) is 5.75 Å². The third kappa shape index (κ3) is 5.34. The van der Waals surface area contributed by atoms with Crippen molar-refractivity contribution in [1.82, 2.24) is 19.4 Å². The second kappa shape index (κ2) is 10.1. The Morgan fingerprint density at radius 3 is 2.62 bits per heavy atom. The molecule has 4 rings (SSSR count). The number of rotatable bonds is 9. The van der Waals surface area contributed by atoms with Crippen LogP contribution >= 0.6 is 0 Å². The number of ether oxygens (including phenoxy) is 1. The maximum Gasteiger partial charge on any atom is 0.119 e. The lowest BCUT2D eigenvalue weighted by atomic mass is 10.0. The van der Waals surface area contributed by atoms with Gasteiger partial charge in [0, 0.05) is 55.0 Å². The van der Waals surface area contributed by atoms with E-state index in [0.29, 0.717) is 6.54 Å². The van der Waals surface area contributed by atoms with E-state index in [1.807, 2.05) is 35.4 Å². The van der Waals surface area contributed by atoms with E-state index >= 15 is 0 Å². The van der Waals surface area contributed by atoms with Crippen molar-refractivity contribution >= 4 is 5.69 Å². The molecule has 4 aromatic rings. The van der Waals surface area contributed by atoms with E-state index in [-0.39, 0.29) is 0 Å². The highest BCUT2D eigenvalue weighted by molar-refractivity contribution is 5.55. The minimum absolute atomic E-state index is 0.713. The Hall–Kier alpha value is -3.64. The van der Waals surface area contributed by atoms with Gasteiger partial charge in [-0.05, 0) is 55.6 Å². The molecule has 0 fully saturated rings. The highest BCUT2D eigenvalue weighted by Gasteiger charge is 2.13. The Balaban J connectivity index is 1.62. The first kappa shape index (κ1) is 21.6. The summed E-state index contributed by atoms with van der Waals surface area (Å²) in [5.74, 6) is 0.865. The molecular weight excluding hydrogens is 398 g/mol. The van der Waals surface area contributed by atoms with Crippen molar-refractivity contribution in [2.45, 2.75) is 19.5 Å². The Bertz CT molecular complexity index is 1150. The van der Waals surface area contributed by atoms with Gasteiger partial charge in [0.05, 0.1) is 19.1 Å². The molecule has 0 aliphatic rings. The average Bonchev–Trinajstić information content (AvgIpc) is 3.34. The number of hydrogen-bond acceptors (Lipinski definition) is 5. The molecule has 0 unspecified atom stereocenters. The number of nitrogens with zero attached hydrogens (tertiary/aromatic N) is 4. The summed E-state index contributed by atoms with van der Waals surface area (Å²) in [7, 11) is 5.84. The monoisotopic (exact) mass is 427 g/mol. The van der Waals surface area contributed by atoms with Gasteiger partial charge in [0.1, 0.15) is 5.75 Å². The first-order valence-corrected chi connectivity index (χ1v) is 10.7. The molecule has 2 aromatic carbocycles. The highest BCUT2D eigenvalue weighted by atomic mass is 16.5. The molecule has 0 aliphatic heterocycles. The second-order valence-corrected chi connectivity index (χ2v) is 8.04. The number of imidazole rings is 1. The van der Waals surface area contributed by atoms with Crippen molar-refractivity contribution in [2.75, 3.05) is 26.5 Å². The number of hydrogen-bond donors (Lipinski definition) is 1. The van der Waals surface area contributed by atoms with Gasteiger partial charge >= 0.3 is 0 Å². The van der Waals surface area contributed by atoms with E-state index in [1.54, 1.807) is 13.3 Å². The number of nitrogens with one attached hydrogen (secondary N) is 1. The van der Waals surface area contributed by atoms with E-state index < -0.39 is 0 Å². The second-order valence-electron chi connectivity index (χ2n) is 8.04. The van der Waals surface area contributed by atoms with E-state index in [4.69, 9.17) is 9.72 Å². The third-order valence-corrected chi connectivity index (χ3v) is 5.32. The van der Waals surface area contributed by atoms with E-state index in [2.05, 4.69) is 71.8 Å². The van der Waals surface area contributed by atoms with Gasteiger partial charge in [0.25, 0.3) is 0 Å². The first-order chi connectivity index (χ1) is 15.6. The SMILES string of the molecule is COc1cccc(CNc2ccnc(CN(C)C)c2Cc2cccc(-n3ccnc3)c2)c1. The van der Waals surface area contributed by atoms with E-state index in [9.17, 15) is 0 Å². The largest absolute Gasteiger partial charge is 0.497 e. The van der Waals surface area contributed by atoms with Crippen LogP contribution in [0.1, 0.15) is 22.4 Å². The molecule has 32 heavy (non-hydrogen) atoms. The van der Waals surface area contributed by atoms with E-state index in [0.717, 1.165) is 35.8 Å². The zero-order valence-electron chi connectivity index (χ0n) is 18.8. The fourth-order valence-corrected chi connectivity index (χ4v) is 3.76. The van der Waals surface area contributed by atoms with Crippen LogP contribution < -0.4 is 10.1 Å². The summed E-state index contributed by atoms with van der Waals surface area (Å²) in [4.78, 5) is 11.0. The number of pyridine rings is 1. The van der Waals surface area contributed by atoms with Gasteiger partial charge in [-0.1, -0.05) is 24.3 Å². The summed E-state index contributed by atoms with van der Waals surface area (Å²) in [6.45, 7) is 1.50. The zero-order chi connectivity index (χ0) is 22.3. The minimum Gasteiger partial charge on any atom is -0.497 e. The van der Waals surface area contributed by atoms with Crippen LogP contribution in [-0.2, 0) is 19.5 Å². The van der Waals surface area contributed by atoms with Crippen molar-refractivity contribution in [3.63, 3.8) is 0 Å². The van der Waals surface area contributed by atoms with Crippen LogP contribution in [0.2, 0.25) is 0 Å². The number of anilines is 1. The number of methoxy groups -OCH3 is 1. The van der Waals surface area contributed by atoms with Crippen molar-refractivity contribution in [1.29, 1.82) is 0 Å². The molecule has 6 nitrogen and oxygen atoms in total. The Morgan fingerprint density at radius 2 is 1.84 bits per heavy atom. The Kier molecular flexibility index (Phi) is 6.82. The summed E-state index contributed by atoms with van der Waals surface area (Å²) in [6.07, 6.45) is 8.26. The van der Waals surface area contributed by atoms with Crippen LogP contribution in [0.3, 0.4) is 0 Å². The predicted octanol–water partition coefficient (Wildman–Crippen LogP) is 4.54. The Morgan fingerprint density at radius 1 is 1.00 bits per heavy atom. The molecule has 1 N–H and O–H groups in total. The van der Waals surface area contributed by atoms with Crippen molar-refractivity contribution < 1.29 is 4.74 Å². The van der Waals surface area contributed by atoms with Crippen molar-refractivity contribution in [3.8, 4) is 11.4 Å². The van der Waals surface area contributed by atoms with Crippen LogP contribution in [0.25, 0.3) is 5.69 Å². The third-order valence-electron chi connectivity index (χ3n) is 5.32. The normalized spacial score (nSPS) is 11.0. The van der Waals surface area contributed by atoms with Crippen LogP contribution in [0, 0.1) is 0 Å². The Labute approximate surface area is 189 Å². The molecule has 2 aromatic heterocycles. The van der Waals surface area contributed by atoms with Gasteiger partial charge < -0.3 is 19.5 Å². The molecule has 0 aliphatic carbocycles. The van der Waals surface area contributed by atoms with Gasteiger partial charge in [0.2, 0.25) is 0 Å². The van der Waals surface area contributed by atoms with Gasteiger partial charge in [-0.15, -0.1) is 0 Å². The fraction of sp³-hybridized carbons (Fsp3) is 0.231. The maximum absolute atomic E-state index is 5.36. The quantitative estimate of drug-likeness (QED) is 0.425. The fourth-order valence-electron chi connectivity index (χ4n) is 3.76. The molecule has 164 valence electrons. The molecular formula is C26H29N5O. The summed E-state index contributed by atoms with van der Waals surface area (Å²) in [6, 6.07) is 18.8. The van der Waals surface area contributed by atoms with Crippen molar-refractivity contribution in [2.24, 2.45) is 0 Å².